The molecule has 0 saturated carbocycles. The third-order valence-electron chi connectivity index (χ3n) is 2.09. The van der Waals surface area contributed by atoms with Gasteiger partial charge in [0.05, 0.1) is 0 Å². The van der Waals surface area contributed by atoms with Gasteiger partial charge in [-0.05, 0) is 24.5 Å². The fourth-order valence-electron chi connectivity index (χ4n) is 1.37. The second kappa shape index (κ2) is 6.20. The topological polar surface area (TPSA) is 0 Å². The summed E-state index contributed by atoms with van der Waals surface area (Å²) in [5.74, 6) is 0. The van der Waals surface area contributed by atoms with Crippen LogP contribution in [0, 0.1) is 0 Å². The monoisotopic (exact) mass is 186 g/mol. The quantitative estimate of drug-likeness (QED) is 0.648. The Kier molecular flexibility index (Phi) is 4.77. The van der Waals surface area contributed by atoms with Gasteiger partial charge in [-0.3, -0.25) is 0 Å². The normalized spacial score (nSPS) is 11.6. The molecule has 1 rings (SSSR count). The molecule has 0 heterocycles. The smallest absolute Gasteiger partial charge is 0.0187 e. The first-order chi connectivity index (χ1) is 6.88. The van der Waals surface area contributed by atoms with Crippen molar-refractivity contribution >= 4 is 12.2 Å². The molecule has 0 unspecified atom stereocenters. The molecule has 0 fully saturated rings. The van der Waals surface area contributed by atoms with Crippen LogP contribution in [0.15, 0.2) is 36.4 Å². The number of hydrogen-bond donors (Lipinski definition) is 0. The first kappa shape index (κ1) is 10.8. The highest BCUT2D eigenvalue weighted by Gasteiger charge is 1.92. The Bertz CT molecular complexity index is 319. The summed E-state index contributed by atoms with van der Waals surface area (Å²) in [7, 11) is 0. The maximum atomic E-state index is 2.24. The lowest BCUT2D eigenvalue weighted by atomic mass is 10.1. The average Bonchev–Trinajstić information content (AvgIpc) is 2.21. The third-order valence-corrected chi connectivity index (χ3v) is 2.09. The van der Waals surface area contributed by atoms with Gasteiger partial charge in [-0.15, -0.1) is 0 Å². The number of unbranched alkanes of at least 4 members (excludes halogenated alkanes) is 1. The molecular formula is C14H18. The summed E-state index contributed by atoms with van der Waals surface area (Å²) in [6, 6.07) is 8.46. The van der Waals surface area contributed by atoms with E-state index in [4.69, 9.17) is 0 Å². The average molecular weight is 186 g/mol. The van der Waals surface area contributed by atoms with Gasteiger partial charge < -0.3 is 0 Å². The minimum atomic E-state index is 1.16. The molecule has 0 aliphatic rings. The summed E-state index contributed by atoms with van der Waals surface area (Å²) >= 11 is 0. The lowest BCUT2D eigenvalue weighted by Crippen LogP contribution is -1.78. The summed E-state index contributed by atoms with van der Waals surface area (Å²) in [6.45, 7) is 4.24. The molecule has 1 aromatic rings. The Balaban J connectivity index is 2.84. The van der Waals surface area contributed by atoms with E-state index in [0.29, 0.717) is 0 Å². The largest absolute Gasteiger partial charge is 0.0870 e. The zero-order valence-electron chi connectivity index (χ0n) is 9.03. The molecule has 0 saturated heterocycles. The van der Waals surface area contributed by atoms with Crippen LogP contribution in [-0.2, 0) is 0 Å². The van der Waals surface area contributed by atoms with Crippen LogP contribution in [0.3, 0.4) is 0 Å². The van der Waals surface area contributed by atoms with Crippen molar-refractivity contribution in [1.82, 2.24) is 0 Å². The molecule has 0 amide bonds. The summed E-state index contributed by atoms with van der Waals surface area (Å²) in [4.78, 5) is 0. The van der Waals surface area contributed by atoms with Crippen molar-refractivity contribution in [3.05, 3.63) is 47.5 Å². The molecule has 0 atom stereocenters. The molecule has 0 aromatic heterocycles. The van der Waals surface area contributed by atoms with Crippen LogP contribution < -0.4 is 0 Å². The van der Waals surface area contributed by atoms with Crippen LogP contribution in [-0.4, -0.2) is 0 Å². The molecular weight excluding hydrogens is 168 g/mol. The van der Waals surface area contributed by atoms with E-state index >= 15 is 0 Å². The fourth-order valence-corrected chi connectivity index (χ4v) is 1.37. The maximum absolute atomic E-state index is 2.24. The number of rotatable bonds is 4. The molecule has 0 heteroatoms. The molecule has 0 N–H and O–H groups in total. The summed E-state index contributed by atoms with van der Waals surface area (Å²) in [5, 5.41) is 0. The van der Waals surface area contributed by atoms with Crippen LogP contribution in [0.25, 0.3) is 12.2 Å². The van der Waals surface area contributed by atoms with Crippen LogP contribution in [0.1, 0.15) is 37.8 Å². The van der Waals surface area contributed by atoms with Gasteiger partial charge in [-0.1, -0.05) is 61.9 Å². The number of benzene rings is 1. The summed E-state index contributed by atoms with van der Waals surface area (Å²) < 4.78 is 0. The number of hydrogen-bond acceptors (Lipinski definition) is 0. The van der Waals surface area contributed by atoms with Crippen LogP contribution in [0.2, 0.25) is 0 Å². The molecule has 0 aliphatic carbocycles. The molecule has 0 aliphatic heterocycles. The Morgan fingerprint density at radius 2 is 1.71 bits per heavy atom. The van der Waals surface area contributed by atoms with Crippen molar-refractivity contribution in [3.8, 4) is 0 Å². The Morgan fingerprint density at radius 1 is 1.07 bits per heavy atom. The third kappa shape index (κ3) is 3.21. The summed E-state index contributed by atoms with van der Waals surface area (Å²) in [6.07, 6.45) is 11.0. The molecule has 14 heavy (non-hydrogen) atoms. The van der Waals surface area contributed by atoms with E-state index in [0.717, 1.165) is 6.42 Å². The second-order valence-corrected chi connectivity index (χ2v) is 3.32. The van der Waals surface area contributed by atoms with E-state index < -0.39 is 0 Å². The van der Waals surface area contributed by atoms with E-state index in [2.05, 4.69) is 55.5 Å². The SMILES string of the molecule is CC=Cc1ccccc1C=CCCC. The standard InChI is InChI=1S/C14H18/c1-3-5-6-10-14-12-8-7-11-13(14)9-4-2/h4,6-12H,3,5H2,1-2H3. The van der Waals surface area contributed by atoms with Crippen molar-refractivity contribution in [1.29, 1.82) is 0 Å². The minimum Gasteiger partial charge on any atom is -0.0870 e. The van der Waals surface area contributed by atoms with Gasteiger partial charge in [0.1, 0.15) is 0 Å². The minimum absolute atomic E-state index is 1.16. The molecule has 0 radical (unpaired) electrons. The van der Waals surface area contributed by atoms with Crippen molar-refractivity contribution < 1.29 is 0 Å². The zero-order chi connectivity index (χ0) is 10.2. The van der Waals surface area contributed by atoms with E-state index in [1.54, 1.807) is 0 Å². The van der Waals surface area contributed by atoms with Gasteiger partial charge in [0.15, 0.2) is 0 Å². The highest BCUT2D eigenvalue weighted by molar-refractivity contribution is 5.64. The van der Waals surface area contributed by atoms with Gasteiger partial charge in [-0.25, -0.2) is 0 Å². The molecule has 0 bridgehead atoms. The Labute approximate surface area is 87.0 Å². The van der Waals surface area contributed by atoms with Crippen LogP contribution >= 0.6 is 0 Å². The molecule has 74 valence electrons. The van der Waals surface area contributed by atoms with E-state index in [9.17, 15) is 0 Å². The summed E-state index contributed by atoms with van der Waals surface area (Å²) in [5.41, 5.74) is 2.60. The second-order valence-electron chi connectivity index (χ2n) is 3.32. The van der Waals surface area contributed by atoms with Gasteiger partial charge in [0.25, 0.3) is 0 Å². The molecule has 0 nitrogen and oxygen atoms in total. The van der Waals surface area contributed by atoms with Gasteiger partial charge >= 0.3 is 0 Å². The predicted molar refractivity (Wildman–Crippen MR) is 65.1 cm³/mol. The first-order valence-corrected chi connectivity index (χ1v) is 5.26. The van der Waals surface area contributed by atoms with E-state index in [1.807, 2.05) is 6.92 Å². The van der Waals surface area contributed by atoms with Gasteiger partial charge in [0.2, 0.25) is 0 Å². The highest BCUT2D eigenvalue weighted by Crippen LogP contribution is 2.13. The maximum Gasteiger partial charge on any atom is -0.0187 e. The van der Waals surface area contributed by atoms with Gasteiger partial charge in [-0.2, -0.15) is 0 Å². The van der Waals surface area contributed by atoms with Gasteiger partial charge in [0, 0.05) is 0 Å². The lowest BCUT2D eigenvalue weighted by Gasteiger charge is -1.99. The zero-order valence-corrected chi connectivity index (χ0v) is 9.03. The molecule has 0 spiro atoms. The lowest BCUT2D eigenvalue weighted by molar-refractivity contribution is 0.962. The first-order valence-electron chi connectivity index (χ1n) is 5.26. The highest BCUT2D eigenvalue weighted by atomic mass is 14.0. The Morgan fingerprint density at radius 3 is 2.29 bits per heavy atom. The van der Waals surface area contributed by atoms with Crippen molar-refractivity contribution in [2.45, 2.75) is 26.7 Å². The van der Waals surface area contributed by atoms with Crippen LogP contribution in [0.4, 0.5) is 0 Å². The Hall–Kier alpha value is -1.30. The molecule has 1 aromatic carbocycles. The van der Waals surface area contributed by atoms with Crippen molar-refractivity contribution in [2.24, 2.45) is 0 Å². The van der Waals surface area contributed by atoms with Crippen molar-refractivity contribution in [2.75, 3.05) is 0 Å². The van der Waals surface area contributed by atoms with E-state index in [1.165, 1.54) is 17.5 Å². The van der Waals surface area contributed by atoms with E-state index in [-0.39, 0.29) is 0 Å². The fraction of sp³-hybridized carbons (Fsp3) is 0.286. The van der Waals surface area contributed by atoms with Crippen LogP contribution in [0.5, 0.6) is 0 Å². The number of allylic oxidation sites excluding steroid dienone is 2. The van der Waals surface area contributed by atoms with Crippen molar-refractivity contribution in [3.63, 3.8) is 0 Å². The predicted octanol–water partition coefficient (Wildman–Crippen LogP) is 4.53.